The summed E-state index contributed by atoms with van der Waals surface area (Å²) in [5.41, 5.74) is 2.46. The van der Waals surface area contributed by atoms with Crippen LogP contribution in [0, 0.1) is 0 Å². The maximum atomic E-state index is 11.7. The van der Waals surface area contributed by atoms with Gasteiger partial charge in [-0.3, -0.25) is 0 Å². The Morgan fingerprint density at radius 2 is 1.79 bits per heavy atom. The first-order chi connectivity index (χ1) is 14.2. The fourth-order valence-corrected chi connectivity index (χ4v) is 2.81. The van der Waals surface area contributed by atoms with E-state index in [1.165, 1.54) is 6.33 Å². The van der Waals surface area contributed by atoms with Crippen molar-refractivity contribution in [3.05, 3.63) is 72.1 Å². The highest BCUT2D eigenvalue weighted by Crippen LogP contribution is 2.19. The van der Waals surface area contributed by atoms with Gasteiger partial charge in [0.05, 0.1) is 19.3 Å². The van der Waals surface area contributed by atoms with Gasteiger partial charge in [-0.25, -0.2) is 14.8 Å². The molecule has 29 heavy (non-hydrogen) atoms. The van der Waals surface area contributed by atoms with Crippen molar-refractivity contribution in [3.8, 4) is 5.75 Å². The molecule has 0 bridgehead atoms. The van der Waals surface area contributed by atoms with Gasteiger partial charge in [-0.2, -0.15) is 0 Å². The average Bonchev–Trinajstić information content (AvgIpc) is 2.75. The van der Waals surface area contributed by atoms with Crippen LogP contribution in [0.5, 0.6) is 5.75 Å². The van der Waals surface area contributed by atoms with E-state index in [0.29, 0.717) is 24.5 Å². The van der Waals surface area contributed by atoms with Crippen LogP contribution in [0.15, 0.2) is 60.9 Å². The van der Waals surface area contributed by atoms with Gasteiger partial charge < -0.3 is 20.1 Å². The van der Waals surface area contributed by atoms with Crippen molar-refractivity contribution in [2.45, 2.75) is 13.3 Å². The summed E-state index contributed by atoms with van der Waals surface area (Å²) in [6, 6.07) is 16.8. The Hall–Kier alpha value is -3.61. The molecule has 3 rings (SSSR count). The van der Waals surface area contributed by atoms with Gasteiger partial charge in [0, 0.05) is 18.3 Å². The highest BCUT2D eigenvalue weighted by molar-refractivity contribution is 5.89. The normalized spacial score (nSPS) is 10.3. The van der Waals surface area contributed by atoms with Crippen LogP contribution in [-0.2, 0) is 11.2 Å². The highest BCUT2D eigenvalue weighted by atomic mass is 16.5. The van der Waals surface area contributed by atoms with Gasteiger partial charge in [-0.1, -0.05) is 18.2 Å². The largest absolute Gasteiger partial charge is 0.496 e. The number of para-hydroxylation sites is 1. The lowest BCUT2D eigenvalue weighted by molar-refractivity contribution is 0.0526. The molecule has 0 saturated heterocycles. The van der Waals surface area contributed by atoms with E-state index in [4.69, 9.17) is 9.47 Å². The standard InChI is InChI=1S/C22H24N4O3/c1-3-29-22(27)17-8-10-18(11-9-17)26-21-14-20(24-15-25-21)23-13-12-16-6-4-5-7-19(16)28-2/h4-11,14-15H,3,12-13H2,1-2H3,(H2,23,24,25,26). The number of carbonyl (C=O) groups excluding carboxylic acids is 1. The van der Waals surface area contributed by atoms with E-state index < -0.39 is 0 Å². The van der Waals surface area contributed by atoms with Crippen LogP contribution in [0.4, 0.5) is 17.3 Å². The van der Waals surface area contributed by atoms with Crippen molar-refractivity contribution in [3.63, 3.8) is 0 Å². The molecule has 7 nitrogen and oxygen atoms in total. The molecular formula is C22H24N4O3. The van der Waals surface area contributed by atoms with Crippen molar-refractivity contribution in [2.75, 3.05) is 30.9 Å². The van der Waals surface area contributed by atoms with Gasteiger partial charge in [0.15, 0.2) is 0 Å². The third-order valence-corrected chi connectivity index (χ3v) is 4.23. The van der Waals surface area contributed by atoms with Gasteiger partial charge in [0.1, 0.15) is 23.7 Å². The average molecular weight is 392 g/mol. The molecule has 0 atom stereocenters. The van der Waals surface area contributed by atoms with Gasteiger partial charge in [-0.05, 0) is 49.2 Å². The Morgan fingerprint density at radius 1 is 1.03 bits per heavy atom. The summed E-state index contributed by atoms with van der Waals surface area (Å²) in [4.78, 5) is 20.2. The predicted molar refractivity (Wildman–Crippen MR) is 113 cm³/mol. The topological polar surface area (TPSA) is 85.4 Å². The molecule has 7 heteroatoms. The summed E-state index contributed by atoms with van der Waals surface area (Å²) in [7, 11) is 1.67. The number of methoxy groups -OCH3 is 1. The van der Waals surface area contributed by atoms with E-state index in [2.05, 4.69) is 20.6 Å². The zero-order chi connectivity index (χ0) is 20.5. The molecule has 0 amide bonds. The first-order valence-electron chi connectivity index (χ1n) is 9.41. The maximum absolute atomic E-state index is 11.7. The number of benzene rings is 2. The van der Waals surface area contributed by atoms with E-state index in [9.17, 15) is 4.79 Å². The zero-order valence-corrected chi connectivity index (χ0v) is 16.5. The first kappa shape index (κ1) is 20.1. The molecule has 0 aliphatic heterocycles. The van der Waals surface area contributed by atoms with Gasteiger partial charge in [0.25, 0.3) is 0 Å². The number of esters is 1. The van der Waals surface area contributed by atoms with E-state index in [1.54, 1.807) is 26.2 Å². The SMILES string of the molecule is CCOC(=O)c1ccc(Nc2cc(NCCc3ccccc3OC)ncn2)cc1. The van der Waals surface area contributed by atoms with E-state index in [1.807, 2.05) is 42.5 Å². The number of aromatic nitrogens is 2. The Balaban J connectivity index is 1.57. The summed E-state index contributed by atoms with van der Waals surface area (Å²) >= 11 is 0. The minimum atomic E-state index is -0.331. The molecule has 150 valence electrons. The molecule has 1 heterocycles. The smallest absolute Gasteiger partial charge is 0.338 e. The van der Waals surface area contributed by atoms with Crippen molar-refractivity contribution in [1.29, 1.82) is 0 Å². The number of hydrogen-bond donors (Lipinski definition) is 2. The lowest BCUT2D eigenvalue weighted by Crippen LogP contribution is -2.08. The molecule has 1 aromatic heterocycles. The number of rotatable bonds is 9. The van der Waals surface area contributed by atoms with Crippen molar-refractivity contribution >= 4 is 23.3 Å². The molecule has 0 aliphatic carbocycles. The third-order valence-electron chi connectivity index (χ3n) is 4.23. The maximum Gasteiger partial charge on any atom is 0.338 e. The Kier molecular flexibility index (Phi) is 7.00. The van der Waals surface area contributed by atoms with Gasteiger partial charge in [0.2, 0.25) is 0 Å². The fourth-order valence-electron chi connectivity index (χ4n) is 2.81. The number of nitrogens with zero attached hydrogens (tertiary/aromatic N) is 2. The second-order valence-corrected chi connectivity index (χ2v) is 6.20. The molecule has 0 aliphatic rings. The van der Waals surface area contributed by atoms with E-state index in [0.717, 1.165) is 29.2 Å². The van der Waals surface area contributed by atoms with Crippen LogP contribution >= 0.6 is 0 Å². The van der Waals surface area contributed by atoms with Crippen molar-refractivity contribution in [1.82, 2.24) is 9.97 Å². The second kappa shape index (κ2) is 10.1. The molecule has 0 spiro atoms. The molecule has 0 unspecified atom stereocenters. The molecule has 0 radical (unpaired) electrons. The van der Waals surface area contributed by atoms with E-state index >= 15 is 0 Å². The summed E-state index contributed by atoms with van der Waals surface area (Å²) in [6.45, 7) is 2.85. The van der Waals surface area contributed by atoms with Crippen molar-refractivity contribution in [2.24, 2.45) is 0 Å². The van der Waals surface area contributed by atoms with Crippen LogP contribution in [0.2, 0.25) is 0 Å². The van der Waals surface area contributed by atoms with Crippen LogP contribution in [0.25, 0.3) is 0 Å². The van der Waals surface area contributed by atoms with Crippen LogP contribution in [-0.4, -0.2) is 36.2 Å². The summed E-state index contributed by atoms with van der Waals surface area (Å²) in [6.07, 6.45) is 2.31. The Bertz CT molecular complexity index is 945. The zero-order valence-electron chi connectivity index (χ0n) is 16.5. The summed E-state index contributed by atoms with van der Waals surface area (Å²) in [5, 5.41) is 6.51. The third kappa shape index (κ3) is 5.68. The van der Waals surface area contributed by atoms with Gasteiger partial charge in [-0.15, -0.1) is 0 Å². The molecule has 2 aromatic carbocycles. The number of ether oxygens (including phenoxy) is 2. The number of hydrogen-bond acceptors (Lipinski definition) is 7. The van der Waals surface area contributed by atoms with Gasteiger partial charge >= 0.3 is 5.97 Å². The fraction of sp³-hybridized carbons (Fsp3) is 0.227. The molecule has 3 aromatic rings. The minimum Gasteiger partial charge on any atom is -0.496 e. The Labute approximate surface area is 170 Å². The van der Waals surface area contributed by atoms with Crippen molar-refractivity contribution < 1.29 is 14.3 Å². The molecule has 0 saturated carbocycles. The monoisotopic (exact) mass is 392 g/mol. The second-order valence-electron chi connectivity index (χ2n) is 6.20. The highest BCUT2D eigenvalue weighted by Gasteiger charge is 2.06. The Morgan fingerprint density at radius 3 is 2.55 bits per heavy atom. The molecule has 0 fully saturated rings. The number of nitrogens with one attached hydrogen (secondary N) is 2. The molecular weight excluding hydrogens is 368 g/mol. The summed E-state index contributed by atoms with van der Waals surface area (Å²) in [5.74, 6) is 1.93. The van der Waals surface area contributed by atoms with Crippen LogP contribution < -0.4 is 15.4 Å². The first-order valence-corrected chi connectivity index (χ1v) is 9.41. The summed E-state index contributed by atoms with van der Waals surface area (Å²) < 4.78 is 10.4. The lowest BCUT2D eigenvalue weighted by Gasteiger charge is -2.11. The molecule has 2 N–H and O–H groups in total. The van der Waals surface area contributed by atoms with Crippen LogP contribution in [0.1, 0.15) is 22.8 Å². The number of carbonyl (C=O) groups is 1. The van der Waals surface area contributed by atoms with E-state index in [-0.39, 0.29) is 5.97 Å². The van der Waals surface area contributed by atoms with Crippen LogP contribution in [0.3, 0.4) is 0 Å². The quantitative estimate of drug-likeness (QED) is 0.531. The minimum absolute atomic E-state index is 0.331. The number of anilines is 3. The predicted octanol–water partition coefficient (Wildman–Crippen LogP) is 4.06. The lowest BCUT2D eigenvalue weighted by atomic mass is 10.1.